The number of anilines is 1. The van der Waals surface area contributed by atoms with Gasteiger partial charge in [-0.25, -0.2) is 0 Å². The molecule has 0 saturated carbocycles. The second kappa shape index (κ2) is 13.5. The van der Waals surface area contributed by atoms with E-state index >= 15 is 0 Å². The normalized spacial score (nSPS) is 13.5. The van der Waals surface area contributed by atoms with E-state index in [4.69, 9.17) is 0 Å². The van der Waals surface area contributed by atoms with E-state index in [-0.39, 0.29) is 18.6 Å². The predicted octanol–water partition coefficient (Wildman–Crippen LogP) is 7.79. The third kappa shape index (κ3) is 6.55. The van der Waals surface area contributed by atoms with E-state index in [1.807, 2.05) is 50.7 Å². The van der Waals surface area contributed by atoms with Crippen LogP contribution in [0.1, 0.15) is 61.1 Å². The van der Waals surface area contributed by atoms with Crippen LogP contribution in [-0.4, -0.2) is 36.1 Å². The molecule has 0 spiro atoms. The molecule has 0 bridgehead atoms. The molecule has 1 N–H and O–H groups in total. The molecule has 2 unspecified atom stereocenters. The average molecular weight is 508 g/mol. The van der Waals surface area contributed by atoms with E-state index in [2.05, 4.69) is 56.0 Å². The van der Waals surface area contributed by atoms with E-state index in [0.717, 1.165) is 55.6 Å². The van der Waals surface area contributed by atoms with Crippen LogP contribution in [0.5, 0.6) is 0 Å². The Morgan fingerprint density at radius 1 is 1.37 bits per heavy atom. The second-order valence-electron chi connectivity index (χ2n) is 8.61. The van der Waals surface area contributed by atoms with Crippen molar-refractivity contribution < 1.29 is 5.11 Å². The summed E-state index contributed by atoms with van der Waals surface area (Å²) in [6.07, 6.45) is 9.65. The number of aliphatic imine (C=N–C) groups is 1. The maximum atomic E-state index is 10.3. The molecule has 0 fully saturated rings. The first-order chi connectivity index (χ1) is 16.7. The maximum absolute atomic E-state index is 10.3. The molecule has 2 rings (SSSR count). The lowest BCUT2D eigenvalue weighted by Gasteiger charge is -2.23. The smallest absolute Gasteiger partial charge is 0.110 e. The highest BCUT2D eigenvalue weighted by Gasteiger charge is 2.26. The molecule has 4 nitrogen and oxygen atoms in total. The molecule has 0 aliphatic rings. The van der Waals surface area contributed by atoms with Gasteiger partial charge in [0.15, 0.2) is 0 Å². The summed E-state index contributed by atoms with van der Waals surface area (Å²) in [5.41, 5.74) is 5.47. The van der Waals surface area contributed by atoms with Crippen molar-refractivity contribution in [2.75, 3.05) is 24.8 Å². The molecule has 1 aromatic heterocycles. The Balaban J connectivity index is 2.76. The lowest BCUT2D eigenvalue weighted by Crippen LogP contribution is -2.26. The van der Waals surface area contributed by atoms with Gasteiger partial charge in [-0.3, -0.25) is 4.99 Å². The highest BCUT2D eigenvalue weighted by molar-refractivity contribution is 8.13. The molecular formula is C29H37N3OS2. The molecule has 0 aliphatic heterocycles. The molecule has 0 aliphatic carbocycles. The number of allylic oxidation sites excluding steroid dienone is 2. The first kappa shape index (κ1) is 28.6. The minimum Gasteiger partial charge on any atom is -0.396 e. The fraction of sp³-hybridized carbons (Fsp3) is 0.379. The minimum absolute atomic E-state index is 0.00599. The van der Waals surface area contributed by atoms with Crippen molar-refractivity contribution in [2.24, 2.45) is 4.99 Å². The van der Waals surface area contributed by atoms with Crippen molar-refractivity contribution in [3.63, 3.8) is 0 Å². The van der Waals surface area contributed by atoms with Crippen LogP contribution >= 0.6 is 23.1 Å². The number of hydrogen-bond acceptors (Lipinski definition) is 6. The summed E-state index contributed by atoms with van der Waals surface area (Å²) < 4.78 is 0. The number of benzene rings is 1. The number of aliphatic hydroxyl groups excluding tert-OH is 1. The number of rotatable bonds is 11. The Bertz CT molecular complexity index is 1150. The van der Waals surface area contributed by atoms with Crippen LogP contribution in [0.2, 0.25) is 0 Å². The van der Waals surface area contributed by atoms with Gasteiger partial charge in [0, 0.05) is 42.3 Å². The maximum Gasteiger partial charge on any atom is 0.110 e. The highest BCUT2D eigenvalue weighted by atomic mass is 32.2. The van der Waals surface area contributed by atoms with E-state index < -0.39 is 0 Å². The van der Waals surface area contributed by atoms with Crippen LogP contribution < -0.4 is 4.90 Å². The van der Waals surface area contributed by atoms with Gasteiger partial charge in [-0.15, -0.1) is 29.7 Å². The third-order valence-electron chi connectivity index (χ3n) is 6.21. The van der Waals surface area contributed by atoms with Gasteiger partial charge >= 0.3 is 0 Å². The van der Waals surface area contributed by atoms with Gasteiger partial charge in [-0.1, -0.05) is 51.1 Å². The van der Waals surface area contributed by atoms with Crippen molar-refractivity contribution in [3.05, 3.63) is 71.3 Å². The first-order valence-electron chi connectivity index (χ1n) is 11.8. The van der Waals surface area contributed by atoms with Gasteiger partial charge in [0.05, 0.1) is 10.6 Å². The lowest BCUT2D eigenvalue weighted by molar-refractivity contribution is 0.273. The van der Waals surface area contributed by atoms with Crippen molar-refractivity contribution >= 4 is 38.7 Å². The summed E-state index contributed by atoms with van der Waals surface area (Å²) in [5.74, 6) is 0.00599. The lowest BCUT2D eigenvalue weighted by atomic mass is 9.88. The quantitative estimate of drug-likeness (QED) is 0.146. The van der Waals surface area contributed by atoms with Gasteiger partial charge in [-0.05, 0) is 54.9 Å². The molecule has 0 amide bonds. The molecule has 6 heteroatoms. The van der Waals surface area contributed by atoms with E-state index in [1.165, 1.54) is 0 Å². The largest absolute Gasteiger partial charge is 0.396 e. The molecule has 1 heterocycles. The molecular weight excluding hydrogens is 470 g/mol. The van der Waals surface area contributed by atoms with Crippen molar-refractivity contribution in [2.45, 2.75) is 52.5 Å². The number of nitrogens with zero attached hydrogens (tertiary/aromatic N) is 3. The third-order valence-corrected chi connectivity index (χ3v) is 8.35. The fourth-order valence-corrected chi connectivity index (χ4v) is 5.71. The Morgan fingerprint density at radius 3 is 2.66 bits per heavy atom. The van der Waals surface area contributed by atoms with Gasteiger partial charge in [0.2, 0.25) is 0 Å². The fourth-order valence-electron chi connectivity index (χ4n) is 3.87. The van der Waals surface area contributed by atoms with Crippen molar-refractivity contribution in [3.8, 4) is 17.2 Å². The Hall–Kier alpha value is -2.59. The predicted molar refractivity (Wildman–Crippen MR) is 157 cm³/mol. The highest BCUT2D eigenvalue weighted by Crippen LogP contribution is 2.46. The number of likely N-dealkylation sites (N-methyl/N-ethyl adjacent to an activating group) is 1. The van der Waals surface area contributed by atoms with Crippen LogP contribution in [0.25, 0.3) is 16.7 Å². The molecule has 186 valence electrons. The summed E-state index contributed by atoms with van der Waals surface area (Å²) in [6.45, 7) is 16.6. The molecule has 2 atom stereocenters. The summed E-state index contributed by atoms with van der Waals surface area (Å²) in [5, 5.41) is 22.1. The standard InChI is InChI=1S/C29H37N3OS2/c1-9-12-26(34-8)31-16-15-19(3)28-27(24-14-11-13-23(22(24)6)20(4)18-33)25(17-30)29(35-28)32(7)21(5)10-2/h10-11,13-16,20-21,33H,2-3,9,12,18H2,1,4-8H3/b16-15-,31-26?. The topological polar surface area (TPSA) is 59.6 Å². The zero-order valence-corrected chi connectivity index (χ0v) is 23.4. The van der Waals surface area contributed by atoms with Crippen molar-refractivity contribution in [1.29, 1.82) is 5.26 Å². The summed E-state index contributed by atoms with van der Waals surface area (Å²) in [7, 11) is 1.99. The summed E-state index contributed by atoms with van der Waals surface area (Å²) in [6, 6.07) is 8.64. The molecule has 2 aromatic rings. The Labute approximate surface area is 219 Å². The van der Waals surface area contributed by atoms with E-state index in [1.54, 1.807) is 23.1 Å². The van der Waals surface area contributed by atoms with Crippen LogP contribution in [0.15, 0.2) is 54.7 Å². The zero-order valence-electron chi connectivity index (χ0n) is 21.8. The average Bonchev–Trinajstić information content (AvgIpc) is 3.26. The van der Waals surface area contributed by atoms with Crippen molar-refractivity contribution in [1.82, 2.24) is 0 Å². The Kier molecular flexibility index (Phi) is 11.0. The monoisotopic (exact) mass is 507 g/mol. The number of thiophene rings is 1. The first-order valence-corrected chi connectivity index (χ1v) is 13.9. The summed E-state index contributed by atoms with van der Waals surface area (Å²) in [4.78, 5) is 7.65. The molecule has 1 aromatic carbocycles. The van der Waals surface area contributed by atoms with Crippen LogP contribution in [-0.2, 0) is 0 Å². The van der Waals surface area contributed by atoms with E-state index in [0.29, 0.717) is 5.56 Å². The molecule has 35 heavy (non-hydrogen) atoms. The van der Waals surface area contributed by atoms with E-state index in [9.17, 15) is 10.4 Å². The summed E-state index contributed by atoms with van der Waals surface area (Å²) >= 11 is 3.23. The van der Waals surface area contributed by atoms with Gasteiger partial charge in [-0.2, -0.15) is 5.26 Å². The van der Waals surface area contributed by atoms with Gasteiger partial charge in [0.1, 0.15) is 11.1 Å². The molecule has 0 radical (unpaired) electrons. The van der Waals surface area contributed by atoms with Crippen LogP contribution in [0.3, 0.4) is 0 Å². The zero-order chi connectivity index (χ0) is 26.1. The second-order valence-corrected chi connectivity index (χ2v) is 10.5. The van der Waals surface area contributed by atoms with Crippen LogP contribution in [0.4, 0.5) is 5.00 Å². The number of nitriles is 1. The number of hydrogen-bond donors (Lipinski definition) is 1. The molecule has 0 saturated heterocycles. The van der Waals surface area contributed by atoms with Gasteiger partial charge in [0.25, 0.3) is 0 Å². The van der Waals surface area contributed by atoms with Crippen LogP contribution in [0, 0.1) is 18.3 Å². The van der Waals surface area contributed by atoms with Gasteiger partial charge < -0.3 is 10.0 Å². The number of aliphatic hydroxyl groups is 1. The minimum atomic E-state index is 0.00599. The Morgan fingerprint density at radius 2 is 2.09 bits per heavy atom. The SMILES string of the molecule is C=CC(C)N(C)c1sc(C(=C)/C=C\N=C(CCC)SC)c(-c2cccc(C(C)CO)c2C)c1C#N. The number of thioether (sulfide) groups is 1.